The molecule has 0 radical (unpaired) electrons. The Labute approximate surface area is 131 Å². The molecule has 0 spiro atoms. The molecule has 0 N–H and O–H groups in total. The zero-order valence-corrected chi connectivity index (χ0v) is 13.4. The monoisotopic (exact) mass is 304 g/mol. The minimum atomic E-state index is -0.244. The highest BCUT2D eigenvalue weighted by Crippen LogP contribution is 2.29. The lowest BCUT2D eigenvalue weighted by Gasteiger charge is -2.34. The normalized spacial score (nSPS) is 23.4. The van der Waals surface area contributed by atoms with Gasteiger partial charge in [0.25, 0.3) is 0 Å². The highest BCUT2D eigenvalue weighted by atomic mass is 16.2. The summed E-state index contributed by atoms with van der Waals surface area (Å²) in [6, 6.07) is -0.244. The fourth-order valence-electron chi connectivity index (χ4n) is 3.50. The summed E-state index contributed by atoms with van der Waals surface area (Å²) >= 11 is 0. The third kappa shape index (κ3) is 2.74. The van der Waals surface area contributed by atoms with Crippen molar-refractivity contribution in [1.82, 2.24) is 19.6 Å². The standard InChI is InChI=1S/C16H24N4O2/c1-3-20-11-13(10-17-20)12-6-8-19(9-7-12)16(22)14-4-5-15(21)18(14)2/h10-12,14H,3-9H2,1-2H3. The first-order valence-electron chi connectivity index (χ1n) is 8.17. The van der Waals surface area contributed by atoms with E-state index in [1.165, 1.54) is 5.56 Å². The van der Waals surface area contributed by atoms with Crippen molar-refractivity contribution in [1.29, 1.82) is 0 Å². The van der Waals surface area contributed by atoms with Gasteiger partial charge in [-0.3, -0.25) is 14.3 Å². The SMILES string of the molecule is CCn1cc(C2CCN(C(=O)C3CCC(=O)N3C)CC2)cn1. The van der Waals surface area contributed by atoms with Crippen LogP contribution in [-0.4, -0.2) is 57.6 Å². The fourth-order valence-corrected chi connectivity index (χ4v) is 3.50. The van der Waals surface area contributed by atoms with Gasteiger partial charge in [-0.1, -0.05) is 0 Å². The van der Waals surface area contributed by atoms with Crippen LogP contribution in [0, 0.1) is 0 Å². The summed E-state index contributed by atoms with van der Waals surface area (Å²) in [7, 11) is 1.74. The number of likely N-dealkylation sites (N-methyl/N-ethyl adjacent to an activating group) is 1. The number of likely N-dealkylation sites (tertiary alicyclic amines) is 2. The molecular weight excluding hydrogens is 280 g/mol. The van der Waals surface area contributed by atoms with E-state index < -0.39 is 0 Å². The first-order valence-corrected chi connectivity index (χ1v) is 8.17. The molecule has 1 unspecified atom stereocenters. The Morgan fingerprint density at radius 2 is 2.05 bits per heavy atom. The Hall–Kier alpha value is -1.85. The summed E-state index contributed by atoms with van der Waals surface area (Å²) in [5.74, 6) is 0.698. The number of hydrogen-bond donors (Lipinski definition) is 0. The van der Waals surface area contributed by atoms with E-state index in [0.717, 1.165) is 32.5 Å². The van der Waals surface area contributed by atoms with Crippen molar-refractivity contribution in [3.8, 4) is 0 Å². The van der Waals surface area contributed by atoms with Crippen LogP contribution in [-0.2, 0) is 16.1 Å². The maximum atomic E-state index is 12.6. The maximum Gasteiger partial charge on any atom is 0.245 e. The maximum absolute atomic E-state index is 12.6. The number of hydrogen-bond acceptors (Lipinski definition) is 3. The first kappa shape index (κ1) is 15.1. The number of carbonyl (C=O) groups excluding carboxylic acids is 2. The molecule has 2 fully saturated rings. The van der Waals surface area contributed by atoms with E-state index in [1.807, 2.05) is 15.8 Å². The first-order chi connectivity index (χ1) is 10.6. The molecule has 2 aliphatic rings. The van der Waals surface area contributed by atoms with Crippen molar-refractivity contribution < 1.29 is 9.59 Å². The van der Waals surface area contributed by atoms with Crippen molar-refractivity contribution >= 4 is 11.8 Å². The Kier molecular flexibility index (Phi) is 4.18. The van der Waals surface area contributed by atoms with Crippen LogP contribution in [0.4, 0.5) is 0 Å². The molecule has 0 aromatic carbocycles. The van der Waals surface area contributed by atoms with Crippen LogP contribution >= 0.6 is 0 Å². The molecule has 0 aliphatic carbocycles. The third-order valence-corrected chi connectivity index (χ3v) is 5.03. The molecule has 120 valence electrons. The lowest BCUT2D eigenvalue weighted by molar-refractivity contribution is -0.141. The molecule has 2 amide bonds. The quantitative estimate of drug-likeness (QED) is 0.844. The van der Waals surface area contributed by atoms with Crippen molar-refractivity contribution in [2.45, 2.75) is 51.1 Å². The van der Waals surface area contributed by atoms with Crippen LogP contribution in [0.2, 0.25) is 0 Å². The smallest absolute Gasteiger partial charge is 0.245 e. The van der Waals surface area contributed by atoms with Crippen LogP contribution < -0.4 is 0 Å². The molecule has 3 rings (SSSR count). The summed E-state index contributed by atoms with van der Waals surface area (Å²) in [5, 5.41) is 4.34. The molecule has 1 aromatic rings. The zero-order chi connectivity index (χ0) is 15.7. The number of aryl methyl sites for hydroxylation is 1. The van der Waals surface area contributed by atoms with Crippen molar-refractivity contribution in [2.24, 2.45) is 0 Å². The summed E-state index contributed by atoms with van der Waals surface area (Å²) < 4.78 is 1.95. The highest BCUT2D eigenvalue weighted by molar-refractivity contribution is 5.90. The summed E-state index contributed by atoms with van der Waals surface area (Å²) in [6.07, 6.45) is 7.19. The third-order valence-electron chi connectivity index (χ3n) is 5.03. The fraction of sp³-hybridized carbons (Fsp3) is 0.688. The molecule has 0 bridgehead atoms. The number of rotatable bonds is 3. The van der Waals surface area contributed by atoms with Crippen molar-refractivity contribution in [3.63, 3.8) is 0 Å². The number of nitrogens with zero attached hydrogens (tertiary/aromatic N) is 4. The van der Waals surface area contributed by atoms with Crippen molar-refractivity contribution in [3.05, 3.63) is 18.0 Å². The van der Waals surface area contributed by atoms with Gasteiger partial charge in [-0.05, 0) is 37.7 Å². The molecule has 22 heavy (non-hydrogen) atoms. The molecule has 6 heteroatoms. The Morgan fingerprint density at radius 3 is 2.59 bits per heavy atom. The van der Waals surface area contributed by atoms with Gasteiger partial charge in [-0.15, -0.1) is 0 Å². The van der Waals surface area contributed by atoms with Gasteiger partial charge in [0.2, 0.25) is 11.8 Å². The van der Waals surface area contributed by atoms with E-state index in [4.69, 9.17) is 0 Å². The summed E-state index contributed by atoms with van der Waals surface area (Å²) in [6.45, 7) is 4.52. The summed E-state index contributed by atoms with van der Waals surface area (Å²) in [5.41, 5.74) is 1.28. The number of piperidine rings is 1. The van der Waals surface area contributed by atoms with E-state index in [1.54, 1.807) is 11.9 Å². The van der Waals surface area contributed by atoms with E-state index in [2.05, 4.69) is 18.2 Å². The minimum Gasteiger partial charge on any atom is -0.341 e. The minimum absolute atomic E-state index is 0.0835. The average Bonchev–Trinajstić information content (AvgIpc) is 3.15. The van der Waals surface area contributed by atoms with Gasteiger partial charge in [0, 0.05) is 39.3 Å². The Morgan fingerprint density at radius 1 is 1.32 bits per heavy atom. The van der Waals surface area contributed by atoms with Gasteiger partial charge in [-0.2, -0.15) is 5.10 Å². The second kappa shape index (κ2) is 6.10. The Balaban J connectivity index is 1.57. The number of carbonyl (C=O) groups is 2. The molecule has 1 atom stereocenters. The van der Waals surface area contributed by atoms with Crippen molar-refractivity contribution in [2.75, 3.05) is 20.1 Å². The predicted molar refractivity (Wildman–Crippen MR) is 82.2 cm³/mol. The molecular formula is C16H24N4O2. The van der Waals surface area contributed by atoms with Gasteiger partial charge in [0.1, 0.15) is 6.04 Å². The molecule has 2 aliphatic heterocycles. The largest absolute Gasteiger partial charge is 0.341 e. The van der Waals surface area contributed by atoms with Gasteiger partial charge >= 0.3 is 0 Å². The van der Waals surface area contributed by atoms with Gasteiger partial charge in [0.15, 0.2) is 0 Å². The topological polar surface area (TPSA) is 58.4 Å². The van der Waals surface area contributed by atoms with Crippen LogP contribution in [0.5, 0.6) is 0 Å². The van der Waals surface area contributed by atoms with Gasteiger partial charge in [0.05, 0.1) is 6.20 Å². The van der Waals surface area contributed by atoms with E-state index in [0.29, 0.717) is 18.8 Å². The highest BCUT2D eigenvalue weighted by Gasteiger charge is 2.37. The number of aromatic nitrogens is 2. The predicted octanol–water partition coefficient (Wildman–Crippen LogP) is 1.23. The summed E-state index contributed by atoms with van der Waals surface area (Å²) in [4.78, 5) is 27.7. The molecule has 1 aromatic heterocycles. The van der Waals surface area contributed by atoms with Gasteiger partial charge < -0.3 is 9.80 Å². The average molecular weight is 304 g/mol. The molecule has 6 nitrogen and oxygen atoms in total. The molecule has 0 saturated carbocycles. The molecule has 3 heterocycles. The van der Waals surface area contributed by atoms with Crippen LogP contribution in [0.1, 0.15) is 44.1 Å². The second-order valence-corrected chi connectivity index (χ2v) is 6.29. The molecule has 2 saturated heterocycles. The van der Waals surface area contributed by atoms with E-state index >= 15 is 0 Å². The van der Waals surface area contributed by atoms with Crippen LogP contribution in [0.25, 0.3) is 0 Å². The number of amides is 2. The van der Waals surface area contributed by atoms with E-state index in [9.17, 15) is 9.59 Å². The van der Waals surface area contributed by atoms with E-state index in [-0.39, 0.29) is 17.9 Å². The zero-order valence-electron chi connectivity index (χ0n) is 13.4. The van der Waals surface area contributed by atoms with Crippen LogP contribution in [0.15, 0.2) is 12.4 Å². The van der Waals surface area contributed by atoms with Crippen LogP contribution in [0.3, 0.4) is 0 Å². The second-order valence-electron chi connectivity index (χ2n) is 6.29. The Bertz CT molecular complexity index is 560. The van der Waals surface area contributed by atoms with Gasteiger partial charge in [-0.25, -0.2) is 0 Å². The lowest BCUT2D eigenvalue weighted by atomic mass is 9.91. The lowest BCUT2D eigenvalue weighted by Crippen LogP contribution is -2.47.